The van der Waals surface area contributed by atoms with Crippen molar-refractivity contribution in [2.75, 3.05) is 6.61 Å². The fourth-order valence-electron chi connectivity index (χ4n) is 2.99. The van der Waals surface area contributed by atoms with Crippen LogP contribution < -0.4 is 5.73 Å². The number of amidine groups is 1. The molecule has 3 N–H and O–H groups in total. The van der Waals surface area contributed by atoms with Crippen molar-refractivity contribution >= 4 is 32.9 Å². The second-order valence-electron chi connectivity index (χ2n) is 5.30. The van der Waals surface area contributed by atoms with E-state index in [0.29, 0.717) is 10.7 Å². The van der Waals surface area contributed by atoms with Gasteiger partial charge >= 0.3 is 0 Å². The van der Waals surface area contributed by atoms with Crippen molar-refractivity contribution in [2.45, 2.75) is 23.6 Å². The van der Waals surface area contributed by atoms with E-state index >= 15 is 0 Å². The number of rotatable bonds is 2. The topological polar surface area (TPSA) is 58.6 Å². The number of benzene rings is 1. The molecule has 0 saturated heterocycles. The van der Waals surface area contributed by atoms with E-state index in [1.807, 2.05) is 6.92 Å². The maximum Gasteiger partial charge on any atom is 0.155 e. The second kappa shape index (κ2) is 4.20. The van der Waals surface area contributed by atoms with Crippen LogP contribution in [0.15, 0.2) is 27.7 Å². The molecule has 0 aromatic heterocycles. The van der Waals surface area contributed by atoms with E-state index in [0.717, 1.165) is 10.9 Å². The quantitative estimate of drug-likeness (QED) is 0.866. The molecule has 0 radical (unpaired) electrons. The molecule has 0 bridgehead atoms. The predicted octanol–water partition coefficient (Wildman–Crippen LogP) is 2.62. The largest absolute Gasteiger partial charge is 0.395 e. The van der Waals surface area contributed by atoms with E-state index in [1.54, 1.807) is 12.1 Å². The molecule has 1 heterocycles. The first kappa shape index (κ1) is 13.4. The molecule has 0 amide bonds. The lowest BCUT2D eigenvalue weighted by molar-refractivity contribution is 0.265. The van der Waals surface area contributed by atoms with Crippen LogP contribution in [0, 0.1) is 11.7 Å². The van der Waals surface area contributed by atoms with Crippen LogP contribution in [-0.2, 0) is 5.54 Å². The molecule has 1 aliphatic carbocycles. The van der Waals surface area contributed by atoms with Crippen LogP contribution in [0.3, 0.4) is 0 Å². The Balaban J connectivity index is 2.12. The lowest BCUT2D eigenvalue weighted by Crippen LogP contribution is -2.37. The molecule has 3 rings (SSSR count). The van der Waals surface area contributed by atoms with E-state index in [4.69, 9.17) is 5.73 Å². The maximum absolute atomic E-state index is 14.1. The number of nitrogens with zero attached hydrogens (tertiary/aromatic N) is 1. The molecule has 3 atom stereocenters. The van der Waals surface area contributed by atoms with Gasteiger partial charge in [-0.25, -0.2) is 4.39 Å². The Labute approximate surface area is 123 Å². The number of hydrogen-bond acceptors (Lipinski definition) is 4. The third-order valence-corrected chi connectivity index (χ3v) is 5.88. The van der Waals surface area contributed by atoms with E-state index < -0.39 is 5.54 Å². The smallest absolute Gasteiger partial charge is 0.155 e. The summed E-state index contributed by atoms with van der Waals surface area (Å²) in [4.78, 5) is 4.49. The third kappa shape index (κ3) is 1.92. The second-order valence-corrected chi connectivity index (χ2v) is 7.65. The van der Waals surface area contributed by atoms with Crippen molar-refractivity contribution in [2.24, 2.45) is 16.6 Å². The van der Waals surface area contributed by atoms with Crippen LogP contribution in [-0.4, -0.2) is 21.6 Å². The number of hydrogen-bond donors (Lipinski definition) is 2. The molecule has 1 saturated carbocycles. The average Bonchev–Trinajstić information content (AvgIpc) is 3.08. The van der Waals surface area contributed by atoms with Crippen molar-refractivity contribution < 1.29 is 9.50 Å². The predicted molar refractivity (Wildman–Crippen MR) is 78.6 cm³/mol. The number of thioether (sulfide) groups is 1. The summed E-state index contributed by atoms with van der Waals surface area (Å²) in [6.45, 7) is 1.94. The summed E-state index contributed by atoms with van der Waals surface area (Å²) in [5.41, 5.74) is 5.71. The number of fused-ring (bicyclic) bond motifs is 1. The van der Waals surface area contributed by atoms with Crippen molar-refractivity contribution in [3.8, 4) is 0 Å². The number of aliphatic imine (C=N–C) groups is 1. The van der Waals surface area contributed by atoms with Crippen molar-refractivity contribution in [1.29, 1.82) is 0 Å². The summed E-state index contributed by atoms with van der Waals surface area (Å²) in [7, 11) is 0. The Kier molecular flexibility index (Phi) is 2.96. The minimum atomic E-state index is -0.702. The van der Waals surface area contributed by atoms with Crippen LogP contribution in [0.5, 0.6) is 0 Å². The molecular formula is C13H14BrFN2OS. The summed E-state index contributed by atoms with van der Waals surface area (Å²) in [6.07, 6.45) is 0.806. The molecule has 1 aromatic rings. The average molecular weight is 345 g/mol. The standard InChI is InChI=1S/C13H14BrFN2OS/c1-12(8-4-7(14)2-3-9(8)15)10-5-13(10,6-18)19-11(16)17-12/h2-4,10,18H,5-6H2,1H3,(H2,16,17)/t10-,12+,13+/m0/s1. The highest BCUT2D eigenvalue weighted by Crippen LogP contribution is 2.65. The summed E-state index contributed by atoms with van der Waals surface area (Å²) in [6, 6.07) is 4.85. The fraction of sp³-hybridized carbons (Fsp3) is 0.462. The molecule has 0 unspecified atom stereocenters. The number of aliphatic hydroxyl groups is 1. The summed E-state index contributed by atoms with van der Waals surface area (Å²) in [5.74, 6) is -0.168. The number of nitrogens with two attached hydrogens (primary N) is 1. The molecule has 1 fully saturated rings. The highest BCUT2D eigenvalue weighted by Gasteiger charge is 2.66. The zero-order valence-electron chi connectivity index (χ0n) is 10.4. The summed E-state index contributed by atoms with van der Waals surface area (Å²) in [5, 5.41) is 10.00. The molecule has 0 spiro atoms. The van der Waals surface area contributed by atoms with Gasteiger partial charge in [0.25, 0.3) is 0 Å². The van der Waals surface area contributed by atoms with Crippen molar-refractivity contribution in [3.63, 3.8) is 0 Å². The Morgan fingerprint density at radius 1 is 1.63 bits per heavy atom. The van der Waals surface area contributed by atoms with Gasteiger partial charge < -0.3 is 10.8 Å². The maximum atomic E-state index is 14.1. The summed E-state index contributed by atoms with van der Waals surface area (Å²) >= 11 is 4.78. The van der Waals surface area contributed by atoms with E-state index in [1.165, 1.54) is 17.8 Å². The van der Waals surface area contributed by atoms with Gasteiger partial charge in [0.05, 0.1) is 16.9 Å². The van der Waals surface area contributed by atoms with Gasteiger partial charge in [-0.05, 0) is 31.5 Å². The molecular weight excluding hydrogens is 331 g/mol. The van der Waals surface area contributed by atoms with E-state index in [9.17, 15) is 9.50 Å². The number of halogens is 2. The van der Waals surface area contributed by atoms with E-state index in [2.05, 4.69) is 20.9 Å². The highest BCUT2D eigenvalue weighted by atomic mass is 79.9. The fourth-order valence-corrected chi connectivity index (χ4v) is 4.69. The molecule has 6 heteroatoms. The molecule has 1 aliphatic heterocycles. The Morgan fingerprint density at radius 3 is 3.05 bits per heavy atom. The van der Waals surface area contributed by atoms with Crippen molar-refractivity contribution in [3.05, 3.63) is 34.1 Å². The zero-order chi connectivity index (χ0) is 13.8. The number of aliphatic hydroxyl groups excluding tert-OH is 1. The zero-order valence-corrected chi connectivity index (χ0v) is 12.8. The molecule has 3 nitrogen and oxygen atoms in total. The van der Waals surface area contributed by atoms with Gasteiger partial charge in [0.2, 0.25) is 0 Å². The normalized spacial score (nSPS) is 36.6. The monoisotopic (exact) mass is 344 g/mol. The first-order chi connectivity index (χ1) is 8.91. The first-order valence-electron chi connectivity index (χ1n) is 6.02. The Morgan fingerprint density at radius 2 is 2.37 bits per heavy atom. The van der Waals surface area contributed by atoms with Gasteiger partial charge in [0, 0.05) is 16.0 Å². The third-order valence-electron chi connectivity index (χ3n) is 4.09. The first-order valence-corrected chi connectivity index (χ1v) is 7.63. The van der Waals surface area contributed by atoms with Crippen LogP contribution in [0.4, 0.5) is 4.39 Å². The van der Waals surface area contributed by atoms with Gasteiger partial charge in [-0.3, -0.25) is 4.99 Å². The lowest BCUT2D eigenvalue weighted by atomic mass is 9.86. The SMILES string of the molecule is C[C@]1(c2cc(Br)ccc2F)N=C(N)S[C@@]2(CO)C[C@H]21. The Bertz CT molecular complexity index is 582. The van der Waals surface area contributed by atoms with Crippen LogP contribution in [0.1, 0.15) is 18.9 Å². The summed E-state index contributed by atoms with van der Waals surface area (Å²) < 4.78 is 14.7. The van der Waals surface area contributed by atoms with E-state index in [-0.39, 0.29) is 23.1 Å². The van der Waals surface area contributed by atoms with Crippen LogP contribution in [0.25, 0.3) is 0 Å². The molecule has 2 aliphatic rings. The van der Waals surface area contributed by atoms with Gasteiger partial charge in [-0.2, -0.15) is 0 Å². The molecule has 102 valence electrons. The van der Waals surface area contributed by atoms with Crippen LogP contribution >= 0.6 is 27.7 Å². The molecule has 1 aromatic carbocycles. The van der Waals surface area contributed by atoms with Gasteiger partial charge in [-0.15, -0.1) is 0 Å². The minimum Gasteiger partial charge on any atom is -0.395 e. The van der Waals surface area contributed by atoms with Crippen molar-refractivity contribution in [1.82, 2.24) is 0 Å². The van der Waals surface area contributed by atoms with Crippen LogP contribution in [0.2, 0.25) is 0 Å². The Hall–Kier alpha value is -0.590. The van der Waals surface area contributed by atoms with Gasteiger partial charge in [0.15, 0.2) is 5.17 Å². The van der Waals surface area contributed by atoms with Gasteiger partial charge in [-0.1, -0.05) is 27.7 Å². The highest BCUT2D eigenvalue weighted by molar-refractivity contribution is 9.10. The van der Waals surface area contributed by atoms with Gasteiger partial charge in [0.1, 0.15) is 5.82 Å². The minimum absolute atomic E-state index is 0.0454. The lowest BCUT2D eigenvalue weighted by Gasteiger charge is -2.33. The molecule has 19 heavy (non-hydrogen) atoms.